The van der Waals surface area contributed by atoms with E-state index in [1.165, 1.54) is 0 Å². The molecule has 7 heteroatoms. The minimum absolute atomic E-state index is 0.138. The number of aryl methyl sites for hydroxylation is 1. The summed E-state index contributed by atoms with van der Waals surface area (Å²) in [6.45, 7) is 4.56. The Kier molecular flexibility index (Phi) is 5.75. The van der Waals surface area contributed by atoms with E-state index in [1.54, 1.807) is 18.5 Å². The van der Waals surface area contributed by atoms with Crippen LogP contribution in [0.15, 0.2) is 0 Å². The van der Waals surface area contributed by atoms with Crippen molar-refractivity contribution < 1.29 is 10.0 Å². The summed E-state index contributed by atoms with van der Waals surface area (Å²) in [6, 6.07) is 0. The van der Waals surface area contributed by atoms with E-state index in [4.69, 9.17) is 5.11 Å². The van der Waals surface area contributed by atoms with Crippen LogP contribution in [0.3, 0.4) is 0 Å². The molecule has 0 aromatic carbocycles. The first-order chi connectivity index (χ1) is 9.01. The van der Waals surface area contributed by atoms with Crippen LogP contribution in [0.25, 0.3) is 0 Å². The Hall–Kier alpha value is -1.63. The normalized spacial score (nSPS) is 12.4. The Bertz CT molecular complexity index is 425. The second-order valence-corrected chi connectivity index (χ2v) is 4.70. The molecule has 0 fully saturated rings. The molecule has 1 atom stereocenters. The van der Waals surface area contributed by atoms with Gasteiger partial charge in [-0.15, -0.1) is 0 Å². The molecule has 1 aromatic rings. The predicted octanol–water partition coefficient (Wildman–Crippen LogP) is 1.85. The maximum Gasteiger partial charge on any atom is 0.406 e. The molecule has 1 aromatic heterocycles. The average Bonchev–Trinajstić information content (AvgIpc) is 2.64. The summed E-state index contributed by atoms with van der Waals surface area (Å²) >= 11 is 0. The van der Waals surface area contributed by atoms with Crippen molar-refractivity contribution in [1.82, 2.24) is 9.55 Å². The predicted molar refractivity (Wildman–Crippen MR) is 73.2 cm³/mol. The summed E-state index contributed by atoms with van der Waals surface area (Å²) in [4.78, 5) is 14.4. The van der Waals surface area contributed by atoms with Crippen molar-refractivity contribution in [2.75, 3.05) is 18.5 Å². The van der Waals surface area contributed by atoms with Crippen molar-refractivity contribution in [1.29, 1.82) is 0 Å². The first-order valence-electron chi connectivity index (χ1n) is 6.53. The number of anilines is 1. The van der Waals surface area contributed by atoms with Gasteiger partial charge in [-0.1, -0.05) is 13.3 Å². The smallest absolute Gasteiger partial charge is 0.396 e. The van der Waals surface area contributed by atoms with Crippen LogP contribution in [0.2, 0.25) is 0 Å². The lowest BCUT2D eigenvalue weighted by molar-refractivity contribution is -0.388. The fraction of sp³-hybridized carbons (Fsp3) is 0.750. The molecule has 7 nitrogen and oxygen atoms in total. The summed E-state index contributed by atoms with van der Waals surface area (Å²) < 4.78 is 1.68. The zero-order chi connectivity index (χ0) is 14.4. The van der Waals surface area contributed by atoms with Crippen molar-refractivity contribution in [3.63, 3.8) is 0 Å². The van der Waals surface area contributed by atoms with E-state index in [0.29, 0.717) is 30.5 Å². The fourth-order valence-electron chi connectivity index (χ4n) is 2.10. The lowest BCUT2D eigenvalue weighted by Gasteiger charge is -2.16. The number of nitro groups is 1. The van der Waals surface area contributed by atoms with Crippen LogP contribution in [-0.4, -0.2) is 32.7 Å². The van der Waals surface area contributed by atoms with Gasteiger partial charge in [0, 0.05) is 27.1 Å². The van der Waals surface area contributed by atoms with Crippen LogP contribution < -0.4 is 5.32 Å². The molecule has 0 saturated carbocycles. The maximum atomic E-state index is 10.9. The molecule has 2 N–H and O–H groups in total. The second kappa shape index (κ2) is 7.08. The molecule has 1 rings (SSSR count). The van der Waals surface area contributed by atoms with E-state index >= 15 is 0 Å². The molecular weight excluding hydrogens is 248 g/mol. The van der Waals surface area contributed by atoms with Crippen molar-refractivity contribution >= 4 is 11.6 Å². The number of aliphatic hydroxyl groups excluding tert-OH is 1. The van der Waals surface area contributed by atoms with Gasteiger partial charge in [0.25, 0.3) is 0 Å². The minimum atomic E-state index is -0.476. The van der Waals surface area contributed by atoms with E-state index in [1.807, 2.05) is 0 Å². The van der Waals surface area contributed by atoms with Crippen molar-refractivity contribution in [3.05, 3.63) is 15.9 Å². The fourth-order valence-corrected chi connectivity index (χ4v) is 2.10. The van der Waals surface area contributed by atoms with Crippen molar-refractivity contribution in [2.45, 2.75) is 33.1 Å². The monoisotopic (exact) mass is 270 g/mol. The zero-order valence-corrected chi connectivity index (χ0v) is 11.7. The number of rotatable bonds is 8. The number of aliphatic hydroxyl groups is 1. The van der Waals surface area contributed by atoms with Gasteiger partial charge in [0.05, 0.1) is 0 Å². The zero-order valence-electron chi connectivity index (χ0n) is 11.7. The standard InChI is InChI=1S/C12H22N4O3/c1-4-5-10(6-7-17)8-13-11-12(16(18)19)14-9(2)15(11)3/h10,13,17H,4-8H2,1-3H3. The number of nitrogens with one attached hydrogen (secondary N) is 1. The maximum absolute atomic E-state index is 10.9. The molecule has 19 heavy (non-hydrogen) atoms. The molecule has 108 valence electrons. The molecule has 0 spiro atoms. The van der Waals surface area contributed by atoms with Crippen LogP contribution >= 0.6 is 0 Å². The quantitative estimate of drug-likeness (QED) is 0.555. The number of nitrogens with zero attached hydrogens (tertiary/aromatic N) is 3. The third-order valence-corrected chi connectivity index (χ3v) is 3.27. The summed E-state index contributed by atoms with van der Waals surface area (Å²) in [7, 11) is 1.75. The highest BCUT2D eigenvalue weighted by molar-refractivity contribution is 5.53. The van der Waals surface area contributed by atoms with Gasteiger partial charge >= 0.3 is 5.82 Å². The first kappa shape index (κ1) is 15.4. The largest absolute Gasteiger partial charge is 0.406 e. The third kappa shape index (κ3) is 3.92. The van der Waals surface area contributed by atoms with E-state index in [0.717, 1.165) is 12.8 Å². The summed E-state index contributed by atoms with van der Waals surface area (Å²) in [5.74, 6) is 1.20. The van der Waals surface area contributed by atoms with E-state index in [2.05, 4.69) is 17.2 Å². The summed E-state index contributed by atoms with van der Waals surface area (Å²) in [5, 5.41) is 23.0. The van der Waals surface area contributed by atoms with Gasteiger partial charge in [0.15, 0.2) is 0 Å². The van der Waals surface area contributed by atoms with Crippen molar-refractivity contribution in [3.8, 4) is 0 Å². The highest BCUT2D eigenvalue weighted by Gasteiger charge is 2.23. The van der Waals surface area contributed by atoms with Gasteiger partial charge in [-0.3, -0.25) is 4.57 Å². The van der Waals surface area contributed by atoms with Crippen LogP contribution in [0.1, 0.15) is 32.0 Å². The molecule has 0 bridgehead atoms. The van der Waals surface area contributed by atoms with Gasteiger partial charge in [-0.05, 0) is 28.7 Å². The number of hydrogen-bond donors (Lipinski definition) is 2. The van der Waals surface area contributed by atoms with Crippen LogP contribution in [0.4, 0.5) is 11.6 Å². The van der Waals surface area contributed by atoms with Crippen LogP contribution in [-0.2, 0) is 7.05 Å². The van der Waals surface area contributed by atoms with E-state index in [9.17, 15) is 10.1 Å². The molecule has 0 saturated heterocycles. The number of aromatic nitrogens is 2. The van der Waals surface area contributed by atoms with Gasteiger partial charge < -0.3 is 20.5 Å². The molecule has 0 aliphatic heterocycles. The lowest BCUT2D eigenvalue weighted by Crippen LogP contribution is -2.17. The third-order valence-electron chi connectivity index (χ3n) is 3.27. The van der Waals surface area contributed by atoms with Gasteiger partial charge in [0.2, 0.25) is 11.6 Å². The van der Waals surface area contributed by atoms with E-state index in [-0.39, 0.29) is 12.4 Å². The lowest BCUT2D eigenvalue weighted by atomic mass is 10.0. The Labute approximate surface area is 112 Å². The second-order valence-electron chi connectivity index (χ2n) is 4.70. The number of hydrogen-bond acceptors (Lipinski definition) is 5. The van der Waals surface area contributed by atoms with Gasteiger partial charge in [-0.2, -0.15) is 0 Å². The van der Waals surface area contributed by atoms with Crippen LogP contribution in [0.5, 0.6) is 0 Å². The highest BCUT2D eigenvalue weighted by Crippen LogP contribution is 2.24. The SMILES string of the molecule is CCCC(CCO)CNc1c([N+](=O)[O-])nc(C)n1C. The Morgan fingerprint density at radius 3 is 2.74 bits per heavy atom. The molecular formula is C12H22N4O3. The van der Waals surface area contributed by atoms with Crippen LogP contribution in [0, 0.1) is 23.0 Å². The molecule has 0 radical (unpaired) electrons. The Morgan fingerprint density at radius 2 is 2.21 bits per heavy atom. The van der Waals surface area contributed by atoms with Gasteiger partial charge in [0.1, 0.15) is 0 Å². The molecule has 0 aliphatic carbocycles. The summed E-state index contributed by atoms with van der Waals surface area (Å²) in [5.41, 5.74) is 0. The summed E-state index contributed by atoms with van der Waals surface area (Å²) in [6.07, 6.45) is 2.71. The topological polar surface area (TPSA) is 93.2 Å². The minimum Gasteiger partial charge on any atom is -0.396 e. The molecule has 1 heterocycles. The Morgan fingerprint density at radius 1 is 1.53 bits per heavy atom. The molecule has 0 amide bonds. The molecule has 1 unspecified atom stereocenters. The first-order valence-corrected chi connectivity index (χ1v) is 6.53. The van der Waals surface area contributed by atoms with Crippen molar-refractivity contribution in [2.24, 2.45) is 13.0 Å². The van der Waals surface area contributed by atoms with Gasteiger partial charge in [-0.25, -0.2) is 0 Å². The average molecular weight is 270 g/mol. The molecule has 0 aliphatic rings. The van der Waals surface area contributed by atoms with E-state index < -0.39 is 4.92 Å². The Balaban J connectivity index is 2.78. The number of imidazole rings is 1. The highest BCUT2D eigenvalue weighted by atomic mass is 16.6.